The zero-order chi connectivity index (χ0) is 24.3. The number of carbonyl (C=O) groups excluding carboxylic acids is 1. The fraction of sp³-hybridized carbons (Fsp3) is 0.333. The van der Waals surface area contributed by atoms with Crippen LogP contribution in [0.5, 0.6) is 5.75 Å². The molecule has 2 heterocycles. The van der Waals surface area contributed by atoms with Crippen molar-refractivity contribution in [3.63, 3.8) is 0 Å². The van der Waals surface area contributed by atoms with Crippen molar-refractivity contribution < 1.29 is 22.4 Å². The van der Waals surface area contributed by atoms with Gasteiger partial charge in [-0.25, -0.2) is 13.4 Å². The third-order valence-electron chi connectivity index (χ3n) is 5.75. The van der Waals surface area contributed by atoms with Crippen molar-refractivity contribution in [2.24, 2.45) is 0 Å². The van der Waals surface area contributed by atoms with E-state index in [0.717, 1.165) is 17.0 Å². The molecule has 1 N–H and O–H groups in total. The second-order valence-electron chi connectivity index (χ2n) is 8.11. The standard InChI is InChI=1S/C24H28N4O5S/c1-17-22(26-24(33-17)21-6-4-5-7-23(21)32-3)16-27-12-14-28(15-13-27)34(30,31)20-10-8-19(9-11-20)25-18(2)29/h4-11H,12-16H2,1-3H3,(H,25,29). The molecule has 1 aliphatic rings. The summed E-state index contributed by atoms with van der Waals surface area (Å²) in [6.45, 7) is 5.79. The molecule has 0 bridgehead atoms. The maximum absolute atomic E-state index is 13.0. The van der Waals surface area contributed by atoms with E-state index in [-0.39, 0.29) is 10.8 Å². The summed E-state index contributed by atoms with van der Waals surface area (Å²) in [6, 6.07) is 13.8. The van der Waals surface area contributed by atoms with Crippen molar-refractivity contribution in [3.8, 4) is 17.2 Å². The van der Waals surface area contributed by atoms with Gasteiger partial charge in [-0.1, -0.05) is 12.1 Å². The van der Waals surface area contributed by atoms with Gasteiger partial charge < -0.3 is 14.5 Å². The topological polar surface area (TPSA) is 105 Å². The molecule has 180 valence electrons. The molecule has 1 saturated heterocycles. The summed E-state index contributed by atoms with van der Waals surface area (Å²) in [5.41, 5.74) is 2.18. The van der Waals surface area contributed by atoms with Gasteiger partial charge in [0.05, 0.1) is 23.3 Å². The fourth-order valence-corrected chi connectivity index (χ4v) is 5.34. The third-order valence-corrected chi connectivity index (χ3v) is 7.66. The highest BCUT2D eigenvalue weighted by Gasteiger charge is 2.29. The molecule has 4 rings (SSSR count). The van der Waals surface area contributed by atoms with Crippen LogP contribution in [0.15, 0.2) is 57.8 Å². The van der Waals surface area contributed by atoms with Gasteiger partial charge in [-0.05, 0) is 43.3 Å². The summed E-state index contributed by atoms with van der Waals surface area (Å²) in [5.74, 6) is 1.73. The first-order valence-corrected chi connectivity index (χ1v) is 12.4. The fourth-order valence-electron chi connectivity index (χ4n) is 3.91. The number of aromatic nitrogens is 1. The molecule has 10 heteroatoms. The predicted octanol–water partition coefficient (Wildman–Crippen LogP) is 3.12. The number of nitrogens with zero attached hydrogens (tertiary/aromatic N) is 3. The van der Waals surface area contributed by atoms with Crippen LogP contribution in [-0.4, -0.2) is 61.8 Å². The number of piperazine rings is 1. The Kier molecular flexibility index (Phi) is 7.01. The highest BCUT2D eigenvalue weighted by Crippen LogP contribution is 2.30. The number of methoxy groups -OCH3 is 1. The second-order valence-corrected chi connectivity index (χ2v) is 10.0. The average molecular weight is 485 g/mol. The molecular weight excluding hydrogens is 456 g/mol. The highest BCUT2D eigenvalue weighted by molar-refractivity contribution is 7.89. The number of nitrogens with one attached hydrogen (secondary N) is 1. The highest BCUT2D eigenvalue weighted by atomic mass is 32.2. The van der Waals surface area contributed by atoms with Gasteiger partial charge in [0.25, 0.3) is 0 Å². The Morgan fingerprint density at radius 3 is 2.41 bits per heavy atom. The quantitative estimate of drug-likeness (QED) is 0.549. The van der Waals surface area contributed by atoms with E-state index in [1.165, 1.54) is 23.4 Å². The predicted molar refractivity (Wildman–Crippen MR) is 128 cm³/mol. The van der Waals surface area contributed by atoms with Crippen LogP contribution in [0.25, 0.3) is 11.5 Å². The number of oxazole rings is 1. The van der Waals surface area contributed by atoms with Crippen LogP contribution < -0.4 is 10.1 Å². The van der Waals surface area contributed by atoms with E-state index in [4.69, 9.17) is 9.15 Å². The lowest BCUT2D eigenvalue weighted by Crippen LogP contribution is -2.48. The van der Waals surface area contributed by atoms with Crippen molar-refractivity contribution in [1.29, 1.82) is 0 Å². The molecule has 0 atom stereocenters. The molecule has 9 nitrogen and oxygen atoms in total. The van der Waals surface area contributed by atoms with Gasteiger partial charge in [0.2, 0.25) is 21.8 Å². The number of anilines is 1. The first-order valence-electron chi connectivity index (χ1n) is 11.0. The number of carbonyl (C=O) groups is 1. The number of sulfonamides is 1. The smallest absolute Gasteiger partial charge is 0.243 e. The molecule has 2 aromatic carbocycles. The summed E-state index contributed by atoms with van der Waals surface area (Å²) < 4.78 is 38.9. The average Bonchev–Trinajstić information content (AvgIpc) is 3.19. The van der Waals surface area contributed by atoms with Crippen LogP contribution in [0, 0.1) is 6.92 Å². The van der Waals surface area contributed by atoms with E-state index in [1.807, 2.05) is 31.2 Å². The molecule has 0 spiro atoms. The van der Waals surface area contributed by atoms with Crippen molar-refractivity contribution in [2.45, 2.75) is 25.3 Å². The van der Waals surface area contributed by atoms with Crippen LogP contribution in [-0.2, 0) is 21.4 Å². The number of rotatable bonds is 7. The summed E-state index contributed by atoms with van der Waals surface area (Å²) in [6.07, 6.45) is 0. The van der Waals surface area contributed by atoms with Crippen molar-refractivity contribution >= 4 is 21.6 Å². The van der Waals surface area contributed by atoms with Crippen LogP contribution in [0.4, 0.5) is 5.69 Å². The first-order chi connectivity index (χ1) is 16.3. The summed E-state index contributed by atoms with van der Waals surface area (Å²) in [5, 5.41) is 2.64. The van der Waals surface area contributed by atoms with Crippen LogP contribution >= 0.6 is 0 Å². The number of amides is 1. The minimum atomic E-state index is -3.61. The van der Waals surface area contributed by atoms with Gasteiger partial charge in [-0.15, -0.1) is 0 Å². The molecule has 1 fully saturated rings. The maximum Gasteiger partial charge on any atom is 0.243 e. The Bertz CT molecular complexity index is 1260. The molecule has 34 heavy (non-hydrogen) atoms. The van der Waals surface area contributed by atoms with Gasteiger partial charge >= 0.3 is 0 Å². The number of ether oxygens (including phenoxy) is 1. The Morgan fingerprint density at radius 2 is 1.76 bits per heavy atom. The van der Waals surface area contributed by atoms with Crippen molar-refractivity contribution in [3.05, 3.63) is 60.0 Å². The zero-order valence-electron chi connectivity index (χ0n) is 19.4. The monoisotopic (exact) mass is 484 g/mol. The summed E-state index contributed by atoms with van der Waals surface area (Å²) in [7, 11) is -1.99. The molecular formula is C24H28N4O5S. The van der Waals surface area contributed by atoms with Gasteiger partial charge in [0, 0.05) is 45.3 Å². The van der Waals surface area contributed by atoms with E-state index in [0.29, 0.717) is 50.1 Å². The number of para-hydroxylation sites is 1. The van der Waals surface area contributed by atoms with Crippen molar-refractivity contribution in [2.75, 3.05) is 38.6 Å². The third kappa shape index (κ3) is 5.14. The van der Waals surface area contributed by atoms with Gasteiger partial charge in [-0.2, -0.15) is 4.31 Å². The number of aryl methyl sites for hydroxylation is 1. The Morgan fingerprint density at radius 1 is 1.09 bits per heavy atom. The molecule has 0 radical (unpaired) electrons. The molecule has 3 aromatic rings. The van der Waals surface area contributed by atoms with E-state index in [2.05, 4.69) is 15.2 Å². The van der Waals surface area contributed by atoms with E-state index >= 15 is 0 Å². The Labute approximate surface area is 199 Å². The molecule has 0 aliphatic carbocycles. The maximum atomic E-state index is 13.0. The first kappa shape index (κ1) is 23.9. The van der Waals surface area contributed by atoms with Gasteiger partial charge in [-0.3, -0.25) is 9.69 Å². The zero-order valence-corrected chi connectivity index (χ0v) is 20.3. The van der Waals surface area contributed by atoms with Crippen molar-refractivity contribution in [1.82, 2.24) is 14.2 Å². The Balaban J connectivity index is 1.40. The lowest BCUT2D eigenvalue weighted by Gasteiger charge is -2.33. The van der Waals surface area contributed by atoms with Gasteiger partial charge in [0.15, 0.2) is 0 Å². The number of hydrogen-bond donors (Lipinski definition) is 1. The Hall–Kier alpha value is -3.21. The molecule has 0 saturated carbocycles. The molecule has 1 aliphatic heterocycles. The normalized spacial score (nSPS) is 15.3. The largest absolute Gasteiger partial charge is 0.496 e. The lowest BCUT2D eigenvalue weighted by molar-refractivity contribution is -0.114. The minimum Gasteiger partial charge on any atom is -0.496 e. The molecule has 1 amide bonds. The second kappa shape index (κ2) is 9.96. The van der Waals surface area contributed by atoms with E-state index in [1.54, 1.807) is 19.2 Å². The molecule has 0 unspecified atom stereocenters. The lowest BCUT2D eigenvalue weighted by atomic mass is 10.2. The SMILES string of the molecule is COc1ccccc1-c1nc(CN2CCN(S(=O)(=O)c3ccc(NC(C)=O)cc3)CC2)c(C)o1. The van der Waals surface area contributed by atoms with Crippen LogP contribution in [0.2, 0.25) is 0 Å². The number of benzene rings is 2. The molecule has 1 aromatic heterocycles. The van der Waals surface area contributed by atoms with Gasteiger partial charge in [0.1, 0.15) is 11.5 Å². The number of hydrogen-bond acceptors (Lipinski definition) is 7. The van der Waals surface area contributed by atoms with E-state index in [9.17, 15) is 13.2 Å². The summed E-state index contributed by atoms with van der Waals surface area (Å²) in [4.78, 5) is 18.2. The minimum absolute atomic E-state index is 0.205. The summed E-state index contributed by atoms with van der Waals surface area (Å²) >= 11 is 0. The van der Waals surface area contributed by atoms with Crippen LogP contribution in [0.1, 0.15) is 18.4 Å². The van der Waals surface area contributed by atoms with Crippen LogP contribution in [0.3, 0.4) is 0 Å². The van der Waals surface area contributed by atoms with E-state index < -0.39 is 10.0 Å².